The smallest absolute Gasteiger partial charge is 0.306 e. The Labute approximate surface area is 426 Å². The molecule has 0 heterocycles. The second-order valence-corrected chi connectivity index (χ2v) is 18.8. The van der Waals surface area contributed by atoms with Crippen LogP contribution in [0.2, 0.25) is 0 Å². The van der Waals surface area contributed by atoms with Crippen LogP contribution in [0.5, 0.6) is 0 Å². The van der Waals surface area contributed by atoms with Gasteiger partial charge in [0.05, 0.1) is 0 Å². The van der Waals surface area contributed by atoms with E-state index in [4.69, 9.17) is 14.2 Å². The lowest BCUT2D eigenvalue weighted by Gasteiger charge is -2.18. The number of hydrogen-bond acceptors (Lipinski definition) is 6. The minimum Gasteiger partial charge on any atom is -0.462 e. The van der Waals surface area contributed by atoms with Gasteiger partial charge in [-0.1, -0.05) is 246 Å². The van der Waals surface area contributed by atoms with Gasteiger partial charge < -0.3 is 14.2 Å². The van der Waals surface area contributed by atoms with E-state index >= 15 is 0 Å². The molecule has 0 aliphatic rings. The summed E-state index contributed by atoms with van der Waals surface area (Å²) in [4.78, 5) is 38.1. The molecular weight excluding hydrogens is 853 g/mol. The molecule has 0 amide bonds. The lowest BCUT2D eigenvalue weighted by atomic mass is 10.0. The second kappa shape index (κ2) is 56.9. The molecule has 394 valence electrons. The van der Waals surface area contributed by atoms with E-state index in [1.807, 2.05) is 0 Å². The normalized spacial score (nSPS) is 12.8. The van der Waals surface area contributed by atoms with Crippen LogP contribution in [0.1, 0.15) is 265 Å². The predicted octanol–water partition coefficient (Wildman–Crippen LogP) is 19.3. The Kier molecular flexibility index (Phi) is 53.9. The van der Waals surface area contributed by atoms with E-state index in [0.717, 1.165) is 128 Å². The predicted molar refractivity (Wildman–Crippen MR) is 297 cm³/mol. The monoisotopic (exact) mass is 959 g/mol. The fraction of sp³-hybridized carbons (Fsp3) is 0.698. The van der Waals surface area contributed by atoms with E-state index in [1.54, 1.807) is 0 Å². The summed E-state index contributed by atoms with van der Waals surface area (Å²) in [6.07, 6.45) is 75.5. The molecule has 0 spiro atoms. The van der Waals surface area contributed by atoms with Crippen LogP contribution in [0.4, 0.5) is 0 Å². The minimum atomic E-state index is -0.793. The van der Waals surface area contributed by atoms with E-state index in [0.29, 0.717) is 19.3 Å². The molecular formula is C63H106O6. The maximum atomic E-state index is 12.8. The molecule has 0 bridgehead atoms. The highest BCUT2D eigenvalue weighted by molar-refractivity contribution is 5.71. The molecule has 1 atom stereocenters. The quantitative estimate of drug-likeness (QED) is 0.0262. The molecule has 0 aliphatic carbocycles. The van der Waals surface area contributed by atoms with Crippen LogP contribution >= 0.6 is 0 Å². The molecule has 6 nitrogen and oxygen atoms in total. The first kappa shape index (κ1) is 65.3. The van der Waals surface area contributed by atoms with Gasteiger partial charge in [0.2, 0.25) is 0 Å². The van der Waals surface area contributed by atoms with Crippen molar-refractivity contribution in [3.63, 3.8) is 0 Å². The Bertz CT molecular complexity index is 1380. The number of hydrogen-bond donors (Lipinski definition) is 0. The summed E-state index contributed by atoms with van der Waals surface area (Å²) in [5, 5.41) is 0. The zero-order valence-electron chi connectivity index (χ0n) is 45.0. The summed E-state index contributed by atoms with van der Waals surface area (Å²) in [5.74, 6) is -0.931. The van der Waals surface area contributed by atoms with Crippen molar-refractivity contribution < 1.29 is 28.6 Å². The number of ether oxygens (including phenoxy) is 3. The summed E-state index contributed by atoms with van der Waals surface area (Å²) < 4.78 is 16.8. The fourth-order valence-electron chi connectivity index (χ4n) is 7.78. The van der Waals surface area contributed by atoms with Gasteiger partial charge in [-0.15, -0.1) is 0 Å². The molecule has 0 rings (SSSR count). The summed E-state index contributed by atoms with van der Waals surface area (Å²) in [6.45, 7) is 6.44. The highest BCUT2D eigenvalue weighted by Gasteiger charge is 2.19. The Morgan fingerprint density at radius 1 is 0.304 bits per heavy atom. The minimum absolute atomic E-state index is 0.0915. The molecule has 1 unspecified atom stereocenters. The van der Waals surface area contributed by atoms with Crippen molar-refractivity contribution in [3.8, 4) is 0 Å². The van der Waals surface area contributed by atoms with Crippen molar-refractivity contribution in [1.82, 2.24) is 0 Å². The van der Waals surface area contributed by atoms with Gasteiger partial charge in [0.25, 0.3) is 0 Å². The molecule has 0 fully saturated rings. The Morgan fingerprint density at radius 3 is 0.971 bits per heavy atom. The van der Waals surface area contributed by atoms with Gasteiger partial charge in [0.1, 0.15) is 13.2 Å². The summed E-state index contributed by atoms with van der Waals surface area (Å²) >= 11 is 0. The fourth-order valence-corrected chi connectivity index (χ4v) is 7.78. The van der Waals surface area contributed by atoms with E-state index in [9.17, 15) is 14.4 Å². The van der Waals surface area contributed by atoms with Crippen LogP contribution < -0.4 is 0 Å². The topological polar surface area (TPSA) is 78.9 Å². The van der Waals surface area contributed by atoms with Gasteiger partial charge in [-0.2, -0.15) is 0 Å². The van der Waals surface area contributed by atoms with Gasteiger partial charge in [0, 0.05) is 19.3 Å². The molecule has 0 aromatic heterocycles. The first-order valence-electron chi connectivity index (χ1n) is 28.7. The number of allylic oxidation sites excluding steroid dienone is 16. The molecule has 0 aromatic rings. The van der Waals surface area contributed by atoms with Crippen molar-refractivity contribution in [1.29, 1.82) is 0 Å². The second-order valence-electron chi connectivity index (χ2n) is 18.8. The molecule has 0 saturated heterocycles. The SMILES string of the molecule is CC/C=C\C/C=C\C/C=C\C/C=C\C/C=C\C/C=C\C/C=C\CCCCCC(=O)OCC(COC(=O)CCCCCCC/C=C\CCC)OC(=O)CCCCCCCCCCCCCCCCCC. The van der Waals surface area contributed by atoms with Crippen LogP contribution in [0.15, 0.2) is 97.2 Å². The van der Waals surface area contributed by atoms with Crippen molar-refractivity contribution in [2.45, 2.75) is 271 Å². The molecule has 0 saturated carbocycles. The number of esters is 3. The summed E-state index contributed by atoms with van der Waals surface area (Å²) in [5.41, 5.74) is 0. The third-order valence-corrected chi connectivity index (χ3v) is 12.1. The largest absolute Gasteiger partial charge is 0.462 e. The number of rotatable bonds is 51. The summed E-state index contributed by atoms with van der Waals surface area (Å²) in [6, 6.07) is 0. The third kappa shape index (κ3) is 55.1. The standard InChI is InChI=1S/C63H106O6/c1-4-7-10-13-16-19-22-24-26-28-29-30-31-32-33-34-35-36-38-39-41-44-47-50-53-56-62(65)68-59-60(58-67-61(64)55-52-49-46-43-21-18-15-12-9-6-3)69-63(66)57-54-51-48-45-42-40-37-27-25-23-20-17-14-11-8-5-2/h7,10,12,15-16,19,24,26,29-30,32-33,35-36,39,41,60H,4-6,8-9,11,13-14,17-18,20-23,25,27-28,31,34,37-38,40,42-59H2,1-3H3/b10-7-,15-12-,19-16-,26-24-,30-29-,33-32-,36-35-,41-39-. The van der Waals surface area contributed by atoms with Gasteiger partial charge in [0.15, 0.2) is 6.10 Å². The van der Waals surface area contributed by atoms with Crippen molar-refractivity contribution in [3.05, 3.63) is 97.2 Å². The van der Waals surface area contributed by atoms with E-state index < -0.39 is 6.10 Å². The molecule has 0 radical (unpaired) electrons. The van der Waals surface area contributed by atoms with Crippen LogP contribution in [-0.4, -0.2) is 37.2 Å². The van der Waals surface area contributed by atoms with Crippen molar-refractivity contribution >= 4 is 17.9 Å². The lowest BCUT2D eigenvalue weighted by molar-refractivity contribution is -0.167. The molecule has 0 aromatic carbocycles. The average molecular weight is 960 g/mol. The van der Waals surface area contributed by atoms with E-state index in [-0.39, 0.29) is 31.1 Å². The Hall–Kier alpha value is -3.67. The Balaban J connectivity index is 4.36. The van der Waals surface area contributed by atoms with Gasteiger partial charge >= 0.3 is 17.9 Å². The van der Waals surface area contributed by atoms with Gasteiger partial charge in [-0.05, 0) is 96.3 Å². The van der Waals surface area contributed by atoms with Crippen molar-refractivity contribution in [2.24, 2.45) is 0 Å². The highest BCUT2D eigenvalue weighted by atomic mass is 16.6. The number of unbranched alkanes of at least 4 members (excludes halogenated alkanes) is 24. The number of carbonyl (C=O) groups is 3. The van der Waals surface area contributed by atoms with Crippen LogP contribution in [-0.2, 0) is 28.6 Å². The summed E-state index contributed by atoms with van der Waals surface area (Å²) in [7, 11) is 0. The average Bonchev–Trinajstić information content (AvgIpc) is 3.35. The molecule has 69 heavy (non-hydrogen) atoms. The maximum absolute atomic E-state index is 12.8. The number of carbonyl (C=O) groups excluding carboxylic acids is 3. The van der Waals surface area contributed by atoms with Crippen LogP contribution in [0, 0.1) is 0 Å². The maximum Gasteiger partial charge on any atom is 0.306 e. The molecule has 0 aliphatic heterocycles. The Morgan fingerprint density at radius 2 is 0.594 bits per heavy atom. The first-order chi connectivity index (χ1) is 34.0. The van der Waals surface area contributed by atoms with Crippen LogP contribution in [0.3, 0.4) is 0 Å². The molecule has 6 heteroatoms. The van der Waals surface area contributed by atoms with E-state index in [2.05, 4.69) is 118 Å². The van der Waals surface area contributed by atoms with Crippen LogP contribution in [0.25, 0.3) is 0 Å². The lowest BCUT2D eigenvalue weighted by Crippen LogP contribution is -2.30. The van der Waals surface area contributed by atoms with Gasteiger partial charge in [-0.25, -0.2) is 0 Å². The zero-order chi connectivity index (χ0) is 50.0. The first-order valence-corrected chi connectivity index (χ1v) is 28.7. The van der Waals surface area contributed by atoms with Crippen molar-refractivity contribution in [2.75, 3.05) is 13.2 Å². The highest BCUT2D eigenvalue weighted by Crippen LogP contribution is 2.15. The van der Waals surface area contributed by atoms with Gasteiger partial charge in [-0.3, -0.25) is 14.4 Å². The molecule has 0 N–H and O–H groups in total. The zero-order valence-corrected chi connectivity index (χ0v) is 45.0. The van der Waals surface area contributed by atoms with E-state index in [1.165, 1.54) is 96.3 Å². The third-order valence-electron chi connectivity index (χ3n) is 12.1.